The highest BCUT2D eigenvalue weighted by molar-refractivity contribution is 9.10. The Morgan fingerprint density at radius 1 is 1.00 bits per heavy atom. The summed E-state index contributed by atoms with van der Waals surface area (Å²) in [4.78, 5) is 0. The van der Waals surface area contributed by atoms with E-state index in [1.165, 1.54) is 6.07 Å². The molecular weight excluding hydrogens is 295 g/mol. The molecular formula is C12H13BrF3N. The molecule has 0 heterocycles. The maximum Gasteiger partial charge on any atom is 0.195 e. The van der Waals surface area contributed by atoms with Gasteiger partial charge in [-0.2, -0.15) is 0 Å². The molecule has 1 aromatic rings. The first-order valence-corrected chi connectivity index (χ1v) is 6.37. The number of hydrogen-bond donors (Lipinski definition) is 1. The summed E-state index contributed by atoms with van der Waals surface area (Å²) in [6.07, 6.45) is 4.01. The Bertz CT molecular complexity index is 442. The van der Waals surface area contributed by atoms with Gasteiger partial charge in [0.15, 0.2) is 17.5 Å². The van der Waals surface area contributed by atoms with E-state index in [0.717, 1.165) is 19.3 Å². The van der Waals surface area contributed by atoms with Crippen LogP contribution in [0.4, 0.5) is 13.2 Å². The molecule has 1 aliphatic rings. The quantitative estimate of drug-likeness (QED) is 0.616. The standard InChI is InChI=1S/C12H13BrF3N/c13-8-6-7(9(14)11(16)10(8)15)12(17)4-2-1-3-5-12/h6H,1-5,17H2. The summed E-state index contributed by atoms with van der Waals surface area (Å²) in [5.74, 6) is -3.81. The lowest BCUT2D eigenvalue weighted by Crippen LogP contribution is -2.39. The Kier molecular flexibility index (Phi) is 3.50. The summed E-state index contributed by atoms with van der Waals surface area (Å²) in [7, 11) is 0. The monoisotopic (exact) mass is 307 g/mol. The van der Waals surface area contributed by atoms with Crippen LogP contribution in [0.3, 0.4) is 0 Å². The molecule has 0 radical (unpaired) electrons. The van der Waals surface area contributed by atoms with Gasteiger partial charge in [-0.25, -0.2) is 13.2 Å². The molecule has 0 atom stereocenters. The molecule has 1 aromatic carbocycles. The first kappa shape index (κ1) is 12.9. The molecule has 2 N–H and O–H groups in total. The van der Waals surface area contributed by atoms with Gasteiger partial charge in [0, 0.05) is 11.1 Å². The summed E-state index contributed by atoms with van der Waals surface area (Å²) in [6.45, 7) is 0. The fraction of sp³-hybridized carbons (Fsp3) is 0.500. The van der Waals surface area contributed by atoms with Crippen LogP contribution >= 0.6 is 15.9 Å². The van der Waals surface area contributed by atoms with E-state index in [-0.39, 0.29) is 10.0 Å². The number of benzene rings is 1. The van der Waals surface area contributed by atoms with Crippen LogP contribution in [0.1, 0.15) is 37.7 Å². The zero-order valence-corrected chi connectivity index (χ0v) is 10.8. The SMILES string of the molecule is NC1(c2cc(Br)c(F)c(F)c2F)CCCCC1. The second-order valence-electron chi connectivity index (χ2n) is 4.56. The fourth-order valence-corrected chi connectivity index (χ4v) is 2.79. The molecule has 94 valence electrons. The molecule has 1 fully saturated rings. The van der Waals surface area contributed by atoms with Crippen LogP contribution in [0.25, 0.3) is 0 Å². The van der Waals surface area contributed by atoms with Crippen LogP contribution in [0.2, 0.25) is 0 Å². The predicted octanol–water partition coefficient (Wildman–Crippen LogP) is 3.98. The highest BCUT2D eigenvalue weighted by atomic mass is 79.9. The van der Waals surface area contributed by atoms with Gasteiger partial charge in [0.1, 0.15) is 0 Å². The minimum Gasteiger partial charge on any atom is -0.321 e. The Labute approximate surface area is 106 Å². The molecule has 0 bridgehead atoms. The summed E-state index contributed by atoms with van der Waals surface area (Å²) < 4.78 is 40.2. The molecule has 0 saturated heterocycles. The van der Waals surface area contributed by atoms with Crippen molar-refractivity contribution >= 4 is 15.9 Å². The van der Waals surface area contributed by atoms with E-state index in [1.807, 2.05) is 0 Å². The Morgan fingerprint density at radius 3 is 2.18 bits per heavy atom. The summed E-state index contributed by atoms with van der Waals surface area (Å²) in [5.41, 5.74) is 5.32. The topological polar surface area (TPSA) is 26.0 Å². The van der Waals surface area contributed by atoms with Crippen molar-refractivity contribution in [3.8, 4) is 0 Å². The van der Waals surface area contributed by atoms with E-state index in [1.54, 1.807) is 0 Å². The molecule has 0 amide bonds. The maximum absolute atomic E-state index is 13.8. The minimum atomic E-state index is -1.45. The molecule has 17 heavy (non-hydrogen) atoms. The number of rotatable bonds is 1. The zero-order valence-electron chi connectivity index (χ0n) is 9.20. The third-order valence-electron chi connectivity index (χ3n) is 3.38. The van der Waals surface area contributed by atoms with Gasteiger partial charge in [0.2, 0.25) is 0 Å². The van der Waals surface area contributed by atoms with Gasteiger partial charge < -0.3 is 5.73 Å². The van der Waals surface area contributed by atoms with Gasteiger partial charge in [0.05, 0.1) is 4.47 Å². The third kappa shape index (κ3) is 2.22. The van der Waals surface area contributed by atoms with E-state index in [9.17, 15) is 13.2 Å². The van der Waals surface area contributed by atoms with Crippen molar-refractivity contribution in [1.29, 1.82) is 0 Å². The number of nitrogens with two attached hydrogens (primary N) is 1. The van der Waals surface area contributed by atoms with Crippen LogP contribution in [0.15, 0.2) is 10.5 Å². The van der Waals surface area contributed by atoms with Crippen molar-refractivity contribution in [2.45, 2.75) is 37.6 Å². The highest BCUT2D eigenvalue weighted by Crippen LogP contribution is 2.38. The van der Waals surface area contributed by atoms with Gasteiger partial charge in [0.25, 0.3) is 0 Å². The van der Waals surface area contributed by atoms with Crippen molar-refractivity contribution in [3.63, 3.8) is 0 Å². The average molecular weight is 308 g/mol. The van der Waals surface area contributed by atoms with Gasteiger partial charge in [-0.15, -0.1) is 0 Å². The first-order valence-electron chi connectivity index (χ1n) is 5.58. The molecule has 5 heteroatoms. The Balaban J connectivity index is 2.51. The molecule has 0 aromatic heterocycles. The van der Waals surface area contributed by atoms with Gasteiger partial charge in [-0.1, -0.05) is 19.3 Å². The fourth-order valence-electron chi connectivity index (χ4n) is 2.39. The van der Waals surface area contributed by atoms with Crippen LogP contribution < -0.4 is 5.73 Å². The number of halogens is 4. The van der Waals surface area contributed by atoms with Gasteiger partial charge in [-0.05, 0) is 34.8 Å². The predicted molar refractivity (Wildman–Crippen MR) is 63.0 cm³/mol. The summed E-state index contributed by atoms with van der Waals surface area (Å²) >= 11 is 2.88. The van der Waals surface area contributed by atoms with Gasteiger partial charge in [-0.3, -0.25) is 0 Å². The lowest BCUT2D eigenvalue weighted by atomic mass is 9.77. The molecule has 0 spiro atoms. The first-order chi connectivity index (χ1) is 7.96. The Morgan fingerprint density at radius 2 is 1.59 bits per heavy atom. The molecule has 1 nitrogen and oxygen atoms in total. The number of hydrogen-bond acceptors (Lipinski definition) is 1. The summed E-state index contributed by atoms with van der Waals surface area (Å²) in [5, 5.41) is 0. The van der Waals surface area contributed by atoms with Crippen LogP contribution in [-0.2, 0) is 5.54 Å². The molecule has 2 rings (SSSR count). The van der Waals surface area contributed by atoms with Crippen molar-refractivity contribution < 1.29 is 13.2 Å². The van der Waals surface area contributed by atoms with Crippen molar-refractivity contribution in [2.75, 3.05) is 0 Å². The van der Waals surface area contributed by atoms with Crippen molar-refractivity contribution in [2.24, 2.45) is 5.73 Å². The second-order valence-corrected chi connectivity index (χ2v) is 5.42. The third-order valence-corrected chi connectivity index (χ3v) is 3.96. The highest BCUT2D eigenvalue weighted by Gasteiger charge is 2.34. The van der Waals surface area contributed by atoms with Crippen molar-refractivity contribution in [3.05, 3.63) is 33.6 Å². The second kappa shape index (κ2) is 4.61. The minimum absolute atomic E-state index is 0.0722. The molecule has 1 aliphatic carbocycles. The van der Waals surface area contributed by atoms with E-state index in [2.05, 4.69) is 15.9 Å². The van der Waals surface area contributed by atoms with Crippen LogP contribution in [0.5, 0.6) is 0 Å². The normalized spacial score (nSPS) is 19.4. The van der Waals surface area contributed by atoms with E-state index in [0.29, 0.717) is 12.8 Å². The Hall–Kier alpha value is -0.550. The largest absolute Gasteiger partial charge is 0.321 e. The molecule has 0 aliphatic heterocycles. The summed E-state index contributed by atoms with van der Waals surface area (Å²) in [6, 6.07) is 1.26. The zero-order chi connectivity index (χ0) is 12.6. The maximum atomic E-state index is 13.8. The van der Waals surface area contributed by atoms with Crippen molar-refractivity contribution in [1.82, 2.24) is 0 Å². The lowest BCUT2D eigenvalue weighted by molar-refractivity contribution is 0.286. The smallest absolute Gasteiger partial charge is 0.195 e. The van der Waals surface area contributed by atoms with E-state index >= 15 is 0 Å². The van der Waals surface area contributed by atoms with E-state index < -0.39 is 23.0 Å². The van der Waals surface area contributed by atoms with Crippen LogP contribution in [-0.4, -0.2) is 0 Å². The van der Waals surface area contributed by atoms with Crippen LogP contribution in [0, 0.1) is 17.5 Å². The average Bonchev–Trinajstić information content (AvgIpc) is 2.32. The lowest BCUT2D eigenvalue weighted by Gasteiger charge is -2.34. The molecule has 0 unspecified atom stereocenters. The van der Waals surface area contributed by atoms with Gasteiger partial charge >= 0.3 is 0 Å². The molecule has 1 saturated carbocycles. The van der Waals surface area contributed by atoms with E-state index in [4.69, 9.17) is 5.73 Å².